The number of rotatable bonds is 26. The highest BCUT2D eigenvalue weighted by molar-refractivity contribution is 4.87. The molecule has 0 bridgehead atoms. The van der Waals surface area contributed by atoms with Gasteiger partial charge < -0.3 is 38.5 Å². The molecule has 0 aliphatic heterocycles. The second-order valence-corrected chi connectivity index (χ2v) is 14.7. The number of nitrogens with one attached hydrogen (secondary N) is 1. The fourth-order valence-electron chi connectivity index (χ4n) is 3.68. The lowest BCUT2D eigenvalue weighted by molar-refractivity contribution is -0.0116. The molecule has 0 radical (unpaired) electrons. The van der Waals surface area contributed by atoms with Gasteiger partial charge in [0, 0.05) is 30.7 Å². The fourth-order valence-corrected chi connectivity index (χ4v) is 3.68. The van der Waals surface area contributed by atoms with Gasteiger partial charge in [0.25, 0.3) is 0 Å². The molecule has 1 N–H and O–H groups in total. The Morgan fingerprint density at radius 2 is 0.780 bits per heavy atom. The molecule has 0 fully saturated rings. The summed E-state index contributed by atoms with van der Waals surface area (Å²) in [5, 5.41) is 3.64. The Labute approximate surface area is 253 Å². The lowest BCUT2D eigenvalue weighted by Crippen LogP contribution is -2.55. The molecule has 0 saturated heterocycles. The minimum absolute atomic E-state index is 0.0419. The van der Waals surface area contributed by atoms with Crippen molar-refractivity contribution in [2.24, 2.45) is 10.8 Å². The summed E-state index contributed by atoms with van der Waals surface area (Å²) in [6.45, 7) is 35.5. The summed E-state index contributed by atoms with van der Waals surface area (Å²) in [5.41, 5.74) is 0.362. The Morgan fingerprint density at radius 3 is 1.15 bits per heavy atom. The van der Waals surface area contributed by atoms with Crippen LogP contribution in [0.15, 0.2) is 0 Å². The zero-order valence-electron chi connectivity index (χ0n) is 28.8. The minimum Gasteiger partial charge on any atom is -0.379 e. The van der Waals surface area contributed by atoms with Crippen LogP contribution in [0.2, 0.25) is 0 Å². The van der Waals surface area contributed by atoms with Gasteiger partial charge >= 0.3 is 0 Å². The van der Waals surface area contributed by atoms with E-state index in [0.717, 1.165) is 32.8 Å². The van der Waals surface area contributed by atoms with Gasteiger partial charge in [0.1, 0.15) is 0 Å². The summed E-state index contributed by atoms with van der Waals surface area (Å²) in [7, 11) is 0. The van der Waals surface area contributed by atoms with E-state index in [4.69, 9.17) is 33.2 Å². The first-order valence-corrected chi connectivity index (χ1v) is 15.6. The molecular formula is C32H68N2O7. The van der Waals surface area contributed by atoms with Crippen molar-refractivity contribution in [1.82, 2.24) is 10.2 Å². The molecule has 0 aromatic heterocycles. The van der Waals surface area contributed by atoms with E-state index in [9.17, 15) is 0 Å². The zero-order valence-corrected chi connectivity index (χ0v) is 28.8. The van der Waals surface area contributed by atoms with Gasteiger partial charge in [-0.05, 0) is 45.4 Å². The van der Waals surface area contributed by atoms with Crippen molar-refractivity contribution in [2.75, 3.05) is 112 Å². The van der Waals surface area contributed by atoms with Crippen LogP contribution in [0, 0.1) is 10.8 Å². The van der Waals surface area contributed by atoms with Crippen molar-refractivity contribution in [2.45, 2.75) is 87.2 Å². The minimum atomic E-state index is -0.0583. The molecule has 0 atom stereocenters. The molecule has 41 heavy (non-hydrogen) atoms. The van der Waals surface area contributed by atoms with Crippen molar-refractivity contribution < 1.29 is 33.2 Å². The average Bonchev–Trinajstić information content (AvgIpc) is 2.82. The lowest BCUT2D eigenvalue weighted by atomic mass is 9.99. The van der Waals surface area contributed by atoms with Crippen molar-refractivity contribution in [3.8, 4) is 0 Å². The van der Waals surface area contributed by atoms with Gasteiger partial charge in [-0.3, -0.25) is 4.90 Å². The van der Waals surface area contributed by atoms with E-state index in [1.807, 2.05) is 0 Å². The highest BCUT2D eigenvalue weighted by Crippen LogP contribution is 2.17. The van der Waals surface area contributed by atoms with Gasteiger partial charge in [0.2, 0.25) is 0 Å². The van der Waals surface area contributed by atoms with E-state index in [0.29, 0.717) is 79.3 Å². The van der Waals surface area contributed by atoms with Crippen LogP contribution in [-0.2, 0) is 33.2 Å². The summed E-state index contributed by atoms with van der Waals surface area (Å²) in [4.78, 5) is 2.47. The largest absolute Gasteiger partial charge is 0.379 e. The number of hydrogen-bond donors (Lipinski definition) is 1. The first-order chi connectivity index (χ1) is 19.0. The highest BCUT2D eigenvalue weighted by atomic mass is 16.6. The maximum absolute atomic E-state index is 5.85. The van der Waals surface area contributed by atoms with Crippen LogP contribution < -0.4 is 5.32 Å². The monoisotopic (exact) mass is 593 g/mol. The normalized spacial score (nSPS) is 13.5. The lowest BCUT2D eigenvalue weighted by Gasteiger charge is -2.41. The molecule has 0 aromatic carbocycles. The Morgan fingerprint density at radius 1 is 0.439 bits per heavy atom. The van der Waals surface area contributed by atoms with Crippen LogP contribution in [-0.4, -0.2) is 128 Å². The van der Waals surface area contributed by atoms with E-state index < -0.39 is 0 Å². The molecular weight excluding hydrogens is 524 g/mol. The maximum Gasteiger partial charge on any atom is 0.0701 e. The van der Waals surface area contributed by atoms with Crippen LogP contribution in [0.1, 0.15) is 76.2 Å². The highest BCUT2D eigenvalue weighted by Gasteiger charge is 2.28. The molecule has 0 unspecified atom stereocenters. The maximum atomic E-state index is 5.85. The Bertz CT molecular complexity index is 598. The first-order valence-electron chi connectivity index (χ1n) is 15.6. The van der Waals surface area contributed by atoms with Crippen LogP contribution in [0.4, 0.5) is 0 Å². The smallest absolute Gasteiger partial charge is 0.0701 e. The van der Waals surface area contributed by atoms with Crippen LogP contribution >= 0.6 is 0 Å². The molecule has 0 aromatic rings. The van der Waals surface area contributed by atoms with Crippen LogP contribution in [0.25, 0.3) is 0 Å². The van der Waals surface area contributed by atoms with Gasteiger partial charge in [-0.25, -0.2) is 0 Å². The molecule has 0 amide bonds. The average molecular weight is 593 g/mol. The van der Waals surface area contributed by atoms with Gasteiger partial charge in [-0.1, -0.05) is 41.5 Å². The van der Waals surface area contributed by atoms with Crippen molar-refractivity contribution >= 4 is 0 Å². The first kappa shape index (κ1) is 40.6. The van der Waals surface area contributed by atoms with Crippen molar-refractivity contribution in [1.29, 1.82) is 0 Å². The Hall–Kier alpha value is -0.360. The van der Waals surface area contributed by atoms with Gasteiger partial charge in [-0.15, -0.1) is 0 Å². The summed E-state index contributed by atoms with van der Waals surface area (Å²) < 4.78 is 39.5. The molecule has 9 heteroatoms. The molecule has 0 saturated carbocycles. The standard InChI is InChI=1S/C32H68N2O7/c1-29(2,3)27-40-24-22-38-19-17-36-15-13-34(31(7,8)9)26-32(10,11)33-12-14-35-16-18-37-20-21-39-23-25-41-28-30(4,5)6/h33H,12-28H2,1-11H3. The molecule has 0 aliphatic carbocycles. The molecule has 0 rings (SSSR count). The SMILES string of the molecule is CC(C)(C)COCCOCCOCCOCCNC(C)(C)CN(CCOCCOCCOCC(C)(C)C)C(C)(C)C. The Balaban J connectivity index is 3.85. The summed E-state index contributed by atoms with van der Waals surface area (Å²) in [6, 6.07) is 0. The van der Waals surface area contributed by atoms with E-state index in [-0.39, 0.29) is 21.9 Å². The van der Waals surface area contributed by atoms with E-state index in [2.05, 4.69) is 86.4 Å². The van der Waals surface area contributed by atoms with Crippen molar-refractivity contribution in [3.05, 3.63) is 0 Å². The van der Waals surface area contributed by atoms with Crippen LogP contribution in [0.3, 0.4) is 0 Å². The predicted octanol–water partition coefficient (Wildman–Crippen LogP) is 4.66. The summed E-state index contributed by atoms with van der Waals surface area (Å²) in [6.07, 6.45) is 0. The second-order valence-electron chi connectivity index (χ2n) is 14.7. The number of ether oxygens (including phenoxy) is 7. The molecule has 248 valence electrons. The van der Waals surface area contributed by atoms with Gasteiger partial charge in [0.15, 0.2) is 0 Å². The summed E-state index contributed by atoms with van der Waals surface area (Å²) >= 11 is 0. The fraction of sp³-hybridized carbons (Fsp3) is 1.00. The molecule has 0 heterocycles. The van der Waals surface area contributed by atoms with E-state index in [1.165, 1.54) is 0 Å². The van der Waals surface area contributed by atoms with E-state index in [1.54, 1.807) is 0 Å². The van der Waals surface area contributed by atoms with Gasteiger partial charge in [-0.2, -0.15) is 0 Å². The third-order valence-electron chi connectivity index (χ3n) is 5.82. The third kappa shape index (κ3) is 29.5. The topological polar surface area (TPSA) is 79.9 Å². The molecule has 0 aliphatic rings. The number of nitrogens with zero attached hydrogens (tertiary/aromatic N) is 1. The molecule has 0 spiro atoms. The second kappa shape index (κ2) is 22.2. The zero-order chi connectivity index (χ0) is 31.3. The van der Waals surface area contributed by atoms with Crippen molar-refractivity contribution in [3.63, 3.8) is 0 Å². The van der Waals surface area contributed by atoms with Gasteiger partial charge in [0.05, 0.1) is 92.5 Å². The van der Waals surface area contributed by atoms with Crippen LogP contribution in [0.5, 0.6) is 0 Å². The molecule has 9 nitrogen and oxygen atoms in total. The quantitative estimate of drug-likeness (QED) is 0.144. The number of hydrogen-bond acceptors (Lipinski definition) is 9. The van der Waals surface area contributed by atoms with E-state index >= 15 is 0 Å². The predicted molar refractivity (Wildman–Crippen MR) is 168 cm³/mol. The summed E-state index contributed by atoms with van der Waals surface area (Å²) in [5.74, 6) is 0. The third-order valence-corrected chi connectivity index (χ3v) is 5.82. The Kier molecular flexibility index (Phi) is 22.0.